The van der Waals surface area contributed by atoms with E-state index in [1.165, 1.54) is 6.07 Å². The van der Waals surface area contributed by atoms with Crippen molar-refractivity contribution in [2.24, 2.45) is 5.92 Å². The van der Waals surface area contributed by atoms with Gasteiger partial charge < -0.3 is 33.9 Å². The van der Waals surface area contributed by atoms with Crippen LogP contribution >= 0.6 is 0 Å². The van der Waals surface area contributed by atoms with Gasteiger partial charge in [-0.2, -0.15) is 0 Å². The van der Waals surface area contributed by atoms with E-state index >= 15 is 0 Å². The van der Waals surface area contributed by atoms with Gasteiger partial charge in [0.1, 0.15) is 23.4 Å². The SMILES string of the molecule is CCOc1ccc(F)c(N2CC[C@@H](Oc3ccc(N4C[C@H](OCCCOC)C[C@@H]4CC(=O)O)cc3)[C@H](C)C2)c1. The molecule has 2 aromatic carbocycles. The number of methoxy groups -OCH3 is 1. The number of hydrogen-bond acceptors (Lipinski definition) is 7. The predicted octanol–water partition coefficient (Wildman–Crippen LogP) is 4.99. The van der Waals surface area contributed by atoms with E-state index in [1.807, 2.05) is 31.2 Å². The maximum Gasteiger partial charge on any atom is 0.305 e. The Bertz CT molecular complexity index is 1070. The van der Waals surface area contributed by atoms with Crippen LogP contribution in [0.5, 0.6) is 11.5 Å². The van der Waals surface area contributed by atoms with Gasteiger partial charge >= 0.3 is 5.97 Å². The van der Waals surface area contributed by atoms with Crippen LogP contribution in [0.3, 0.4) is 0 Å². The fraction of sp³-hybridized carbons (Fsp3) is 0.567. The van der Waals surface area contributed by atoms with E-state index in [4.69, 9.17) is 18.9 Å². The van der Waals surface area contributed by atoms with Crippen molar-refractivity contribution in [2.75, 3.05) is 56.4 Å². The van der Waals surface area contributed by atoms with Crippen LogP contribution in [0.4, 0.5) is 15.8 Å². The molecule has 39 heavy (non-hydrogen) atoms. The highest BCUT2D eigenvalue weighted by molar-refractivity contribution is 5.69. The molecule has 2 aromatic rings. The highest BCUT2D eigenvalue weighted by atomic mass is 19.1. The minimum Gasteiger partial charge on any atom is -0.494 e. The lowest BCUT2D eigenvalue weighted by molar-refractivity contribution is -0.137. The molecular weight excluding hydrogens is 503 g/mol. The van der Waals surface area contributed by atoms with Gasteiger partial charge in [0.05, 0.1) is 24.8 Å². The Morgan fingerprint density at radius 1 is 1.10 bits per heavy atom. The first-order valence-corrected chi connectivity index (χ1v) is 13.9. The number of nitrogens with zero attached hydrogens (tertiary/aromatic N) is 2. The Morgan fingerprint density at radius 2 is 1.87 bits per heavy atom. The van der Waals surface area contributed by atoms with Crippen LogP contribution in [-0.2, 0) is 14.3 Å². The number of benzene rings is 2. The maximum absolute atomic E-state index is 14.6. The number of aliphatic carboxylic acids is 1. The summed E-state index contributed by atoms with van der Waals surface area (Å²) in [5.41, 5.74) is 1.53. The average molecular weight is 545 g/mol. The molecule has 4 rings (SSSR count). The Morgan fingerprint density at radius 3 is 2.56 bits per heavy atom. The fourth-order valence-electron chi connectivity index (χ4n) is 5.56. The maximum atomic E-state index is 14.6. The quantitative estimate of drug-likeness (QED) is 0.353. The largest absolute Gasteiger partial charge is 0.494 e. The summed E-state index contributed by atoms with van der Waals surface area (Å²) >= 11 is 0. The number of anilines is 2. The molecule has 2 heterocycles. The Labute approximate surface area is 230 Å². The molecule has 8 nitrogen and oxygen atoms in total. The molecule has 2 aliphatic rings. The first kappa shape index (κ1) is 29.0. The molecule has 0 bridgehead atoms. The molecule has 0 amide bonds. The minimum absolute atomic E-state index is 0.00719. The van der Waals surface area contributed by atoms with Crippen LogP contribution in [0.2, 0.25) is 0 Å². The van der Waals surface area contributed by atoms with Crippen molar-refractivity contribution >= 4 is 17.3 Å². The summed E-state index contributed by atoms with van der Waals surface area (Å²) < 4.78 is 37.6. The Hall–Kier alpha value is -3.04. The van der Waals surface area contributed by atoms with Gasteiger partial charge in [0, 0.05) is 70.1 Å². The number of ether oxygens (including phenoxy) is 4. The number of carboxylic acid groups (broad SMARTS) is 1. The molecule has 214 valence electrons. The summed E-state index contributed by atoms with van der Waals surface area (Å²) in [4.78, 5) is 15.7. The third-order valence-corrected chi connectivity index (χ3v) is 7.48. The van der Waals surface area contributed by atoms with Crippen molar-refractivity contribution in [3.05, 3.63) is 48.3 Å². The molecule has 9 heteroatoms. The van der Waals surface area contributed by atoms with E-state index < -0.39 is 5.97 Å². The number of piperidine rings is 1. The zero-order valence-corrected chi connectivity index (χ0v) is 23.2. The monoisotopic (exact) mass is 544 g/mol. The van der Waals surface area contributed by atoms with Gasteiger partial charge in [-0.15, -0.1) is 0 Å². The van der Waals surface area contributed by atoms with Gasteiger partial charge in [-0.25, -0.2) is 4.39 Å². The topological polar surface area (TPSA) is 80.7 Å². The zero-order valence-electron chi connectivity index (χ0n) is 23.2. The lowest BCUT2D eigenvalue weighted by Gasteiger charge is -2.38. The Kier molecular flexibility index (Phi) is 10.3. The molecule has 0 radical (unpaired) electrons. The van der Waals surface area contributed by atoms with Crippen molar-refractivity contribution in [2.45, 2.75) is 57.8 Å². The first-order valence-electron chi connectivity index (χ1n) is 13.9. The van der Waals surface area contributed by atoms with Gasteiger partial charge in [-0.05, 0) is 56.2 Å². The zero-order chi connectivity index (χ0) is 27.8. The van der Waals surface area contributed by atoms with Gasteiger partial charge in [0.2, 0.25) is 0 Å². The van der Waals surface area contributed by atoms with Crippen molar-refractivity contribution in [3.8, 4) is 11.5 Å². The second kappa shape index (κ2) is 13.8. The summed E-state index contributed by atoms with van der Waals surface area (Å²) in [6, 6.07) is 12.7. The molecule has 0 spiro atoms. The van der Waals surface area contributed by atoms with Crippen LogP contribution in [0, 0.1) is 11.7 Å². The average Bonchev–Trinajstić information content (AvgIpc) is 3.31. The number of hydrogen-bond donors (Lipinski definition) is 1. The second-order valence-corrected chi connectivity index (χ2v) is 10.4. The minimum atomic E-state index is -0.810. The highest BCUT2D eigenvalue weighted by Gasteiger charge is 2.34. The standard InChI is InChI=1S/C30H41FN2O6/c1-4-37-25-10-11-27(31)28(18-25)32-13-12-29(21(2)19-32)39-24-8-6-22(7-9-24)33-20-26(38-15-5-14-36-3)16-23(33)17-30(34)35/h6-11,18,21,23,26,29H,4-5,12-17,19-20H2,1-3H3,(H,34,35)/t21-,23-,26-,29-/m1/s1. The first-order chi connectivity index (χ1) is 18.9. The van der Waals surface area contributed by atoms with Crippen molar-refractivity contribution < 1.29 is 33.2 Å². The predicted molar refractivity (Wildman–Crippen MR) is 149 cm³/mol. The van der Waals surface area contributed by atoms with Crippen LogP contribution in [0.15, 0.2) is 42.5 Å². The number of rotatable bonds is 13. The number of carboxylic acids is 1. The molecule has 2 saturated heterocycles. The van der Waals surface area contributed by atoms with Gasteiger partial charge in [0.25, 0.3) is 0 Å². The third kappa shape index (κ3) is 7.76. The smallest absolute Gasteiger partial charge is 0.305 e. The summed E-state index contributed by atoms with van der Waals surface area (Å²) in [7, 11) is 1.67. The second-order valence-electron chi connectivity index (χ2n) is 10.4. The van der Waals surface area contributed by atoms with Crippen LogP contribution in [-0.4, -0.2) is 75.9 Å². The van der Waals surface area contributed by atoms with Crippen molar-refractivity contribution in [1.29, 1.82) is 0 Å². The van der Waals surface area contributed by atoms with Gasteiger partial charge in [0.15, 0.2) is 0 Å². The molecule has 0 aromatic heterocycles. The Balaban J connectivity index is 1.34. The van der Waals surface area contributed by atoms with Gasteiger partial charge in [-0.3, -0.25) is 4.79 Å². The summed E-state index contributed by atoms with van der Waals surface area (Å²) in [5, 5.41) is 9.43. The fourth-order valence-corrected chi connectivity index (χ4v) is 5.56. The molecular formula is C30H41FN2O6. The van der Waals surface area contributed by atoms with Gasteiger partial charge in [-0.1, -0.05) is 6.92 Å². The summed E-state index contributed by atoms with van der Waals surface area (Å²) in [6.07, 6.45) is 2.35. The van der Waals surface area contributed by atoms with E-state index in [0.717, 1.165) is 24.3 Å². The van der Waals surface area contributed by atoms with Crippen molar-refractivity contribution in [3.63, 3.8) is 0 Å². The van der Waals surface area contributed by atoms with Crippen LogP contribution < -0.4 is 19.3 Å². The van der Waals surface area contributed by atoms with E-state index in [2.05, 4.69) is 16.7 Å². The van der Waals surface area contributed by atoms with Crippen LogP contribution in [0.1, 0.15) is 39.5 Å². The molecule has 2 aliphatic heterocycles. The summed E-state index contributed by atoms with van der Waals surface area (Å²) in [5.74, 6) is 0.590. The molecule has 2 fully saturated rings. The third-order valence-electron chi connectivity index (χ3n) is 7.48. The summed E-state index contributed by atoms with van der Waals surface area (Å²) in [6.45, 7) is 7.85. The number of carbonyl (C=O) groups is 1. The lowest BCUT2D eigenvalue weighted by Crippen LogP contribution is -2.44. The molecule has 4 atom stereocenters. The van der Waals surface area contributed by atoms with E-state index in [9.17, 15) is 14.3 Å². The molecule has 0 aliphatic carbocycles. The van der Waals surface area contributed by atoms with E-state index in [-0.39, 0.29) is 36.4 Å². The van der Waals surface area contributed by atoms with Crippen LogP contribution in [0.25, 0.3) is 0 Å². The normalized spacial score (nSPS) is 23.2. The van der Waals surface area contributed by atoms with E-state index in [1.54, 1.807) is 19.2 Å². The lowest BCUT2D eigenvalue weighted by atomic mass is 9.95. The highest BCUT2D eigenvalue weighted by Crippen LogP contribution is 2.33. The van der Waals surface area contributed by atoms with E-state index in [0.29, 0.717) is 57.3 Å². The molecule has 1 N–H and O–H groups in total. The molecule has 0 unspecified atom stereocenters. The molecule has 0 saturated carbocycles. The van der Waals surface area contributed by atoms with Crippen molar-refractivity contribution in [1.82, 2.24) is 0 Å². The number of halogens is 1.